The van der Waals surface area contributed by atoms with E-state index in [0.717, 1.165) is 27.2 Å². The first-order valence-corrected chi connectivity index (χ1v) is 6.65. The summed E-state index contributed by atoms with van der Waals surface area (Å²) in [4.78, 5) is 14.4. The lowest BCUT2D eigenvalue weighted by atomic mass is 10.0. The van der Waals surface area contributed by atoms with Crippen molar-refractivity contribution in [3.63, 3.8) is 0 Å². The summed E-state index contributed by atoms with van der Waals surface area (Å²) in [5, 5.41) is 7.11. The molecule has 0 aliphatic rings. The van der Waals surface area contributed by atoms with Crippen molar-refractivity contribution in [3.05, 3.63) is 34.5 Å². The third-order valence-electron chi connectivity index (χ3n) is 3.08. The van der Waals surface area contributed by atoms with Crippen molar-refractivity contribution in [3.8, 4) is 0 Å². The Kier molecular flexibility index (Phi) is 4.00. The van der Waals surface area contributed by atoms with E-state index in [-0.39, 0.29) is 6.03 Å². The third kappa shape index (κ3) is 3.01. The highest BCUT2D eigenvalue weighted by Gasteiger charge is 2.09. The van der Waals surface area contributed by atoms with E-state index in [0.29, 0.717) is 12.5 Å². The number of hydrogen-bond acceptors (Lipinski definition) is 1. The molecule has 0 aliphatic carbocycles. The third-order valence-corrected chi connectivity index (χ3v) is 3.41. The zero-order valence-corrected chi connectivity index (χ0v) is 12.1. The average Bonchev–Trinajstić information content (AvgIpc) is 2.76. The van der Waals surface area contributed by atoms with E-state index < -0.39 is 0 Å². The summed E-state index contributed by atoms with van der Waals surface area (Å²) in [6.07, 6.45) is 0. The van der Waals surface area contributed by atoms with E-state index in [1.165, 1.54) is 0 Å². The van der Waals surface area contributed by atoms with Gasteiger partial charge in [0.1, 0.15) is 0 Å². The predicted octanol–water partition coefficient (Wildman–Crippen LogP) is 3.37. The van der Waals surface area contributed by atoms with Gasteiger partial charge in [-0.25, -0.2) is 4.79 Å². The van der Waals surface area contributed by atoms with Crippen LogP contribution in [0.15, 0.2) is 18.2 Å². The SMILES string of the molecule is CNC(=O)NCc1cc2cc(Cl)c(C(C)C)cc2[nH]1. The molecule has 0 saturated carbocycles. The number of halogens is 1. The number of hydrogen-bond donors (Lipinski definition) is 3. The van der Waals surface area contributed by atoms with Gasteiger partial charge >= 0.3 is 6.03 Å². The first-order valence-electron chi connectivity index (χ1n) is 6.28. The predicted molar refractivity (Wildman–Crippen MR) is 78.7 cm³/mol. The van der Waals surface area contributed by atoms with Gasteiger partial charge in [0, 0.05) is 28.7 Å². The fourth-order valence-electron chi connectivity index (χ4n) is 2.03. The van der Waals surface area contributed by atoms with E-state index in [1.54, 1.807) is 7.05 Å². The molecule has 2 rings (SSSR count). The molecule has 0 atom stereocenters. The fourth-order valence-corrected chi connectivity index (χ4v) is 2.42. The first-order chi connectivity index (χ1) is 9.01. The van der Waals surface area contributed by atoms with E-state index in [4.69, 9.17) is 11.6 Å². The van der Waals surface area contributed by atoms with Crippen LogP contribution >= 0.6 is 11.6 Å². The molecule has 1 aromatic heterocycles. The minimum Gasteiger partial charge on any atom is -0.357 e. The number of rotatable bonds is 3. The van der Waals surface area contributed by atoms with Crippen LogP contribution in [0, 0.1) is 0 Å². The van der Waals surface area contributed by atoms with Crippen LogP contribution in [0.5, 0.6) is 0 Å². The summed E-state index contributed by atoms with van der Waals surface area (Å²) in [6, 6.07) is 5.85. The average molecular weight is 280 g/mol. The van der Waals surface area contributed by atoms with Gasteiger partial charge in [0.25, 0.3) is 0 Å². The number of carbonyl (C=O) groups excluding carboxylic acids is 1. The number of aromatic nitrogens is 1. The molecular weight excluding hydrogens is 262 g/mol. The van der Waals surface area contributed by atoms with Crippen LogP contribution in [-0.2, 0) is 6.54 Å². The molecule has 1 heterocycles. The molecule has 0 bridgehead atoms. The van der Waals surface area contributed by atoms with Crippen LogP contribution in [0.1, 0.15) is 31.0 Å². The number of nitrogens with one attached hydrogen (secondary N) is 3. The molecule has 0 spiro atoms. The van der Waals surface area contributed by atoms with Crippen molar-refractivity contribution in [2.45, 2.75) is 26.3 Å². The molecule has 0 saturated heterocycles. The first kappa shape index (κ1) is 13.7. The summed E-state index contributed by atoms with van der Waals surface area (Å²) in [7, 11) is 1.59. The molecular formula is C14H18ClN3O. The largest absolute Gasteiger partial charge is 0.357 e. The summed E-state index contributed by atoms with van der Waals surface area (Å²) in [6.45, 7) is 4.69. The van der Waals surface area contributed by atoms with Crippen LogP contribution in [0.25, 0.3) is 10.9 Å². The maximum Gasteiger partial charge on any atom is 0.314 e. The summed E-state index contributed by atoms with van der Waals surface area (Å²) >= 11 is 6.26. The van der Waals surface area contributed by atoms with Gasteiger partial charge in [-0.1, -0.05) is 25.4 Å². The Hall–Kier alpha value is -1.68. The molecule has 4 nitrogen and oxygen atoms in total. The van der Waals surface area contributed by atoms with Gasteiger partial charge in [-0.15, -0.1) is 0 Å². The van der Waals surface area contributed by atoms with Crippen molar-refractivity contribution in [1.29, 1.82) is 0 Å². The fraction of sp³-hybridized carbons (Fsp3) is 0.357. The van der Waals surface area contributed by atoms with Gasteiger partial charge < -0.3 is 15.6 Å². The van der Waals surface area contributed by atoms with Crippen molar-refractivity contribution in [1.82, 2.24) is 15.6 Å². The second-order valence-corrected chi connectivity index (χ2v) is 5.25. The van der Waals surface area contributed by atoms with Crippen LogP contribution in [0.4, 0.5) is 4.79 Å². The number of fused-ring (bicyclic) bond motifs is 1. The Morgan fingerprint density at radius 3 is 2.74 bits per heavy atom. The van der Waals surface area contributed by atoms with E-state index in [9.17, 15) is 4.79 Å². The van der Waals surface area contributed by atoms with Gasteiger partial charge in [0.05, 0.1) is 6.54 Å². The lowest BCUT2D eigenvalue weighted by Crippen LogP contribution is -2.32. The Labute approximate surface area is 117 Å². The van der Waals surface area contributed by atoms with Crippen LogP contribution < -0.4 is 10.6 Å². The highest BCUT2D eigenvalue weighted by molar-refractivity contribution is 6.32. The van der Waals surface area contributed by atoms with E-state index >= 15 is 0 Å². The summed E-state index contributed by atoms with van der Waals surface area (Å²) < 4.78 is 0. The molecule has 0 unspecified atom stereocenters. The molecule has 3 N–H and O–H groups in total. The summed E-state index contributed by atoms with van der Waals surface area (Å²) in [5.74, 6) is 0.382. The van der Waals surface area contributed by atoms with Crippen molar-refractivity contribution in [2.24, 2.45) is 0 Å². The van der Waals surface area contributed by atoms with E-state index in [2.05, 4.69) is 35.5 Å². The minimum absolute atomic E-state index is 0.195. The summed E-state index contributed by atoms with van der Waals surface area (Å²) in [5.41, 5.74) is 3.12. The standard InChI is InChI=1S/C14H18ClN3O/c1-8(2)11-6-13-9(5-12(11)15)4-10(18-13)7-17-14(19)16-3/h4-6,8,18H,7H2,1-3H3,(H2,16,17,19). The van der Waals surface area contributed by atoms with Crippen molar-refractivity contribution < 1.29 is 4.79 Å². The Balaban J connectivity index is 2.27. The second kappa shape index (κ2) is 5.53. The Bertz CT molecular complexity index is 604. The van der Waals surface area contributed by atoms with Gasteiger partial charge in [-0.2, -0.15) is 0 Å². The molecule has 1 aromatic carbocycles. The van der Waals surface area contributed by atoms with Crippen molar-refractivity contribution >= 4 is 28.5 Å². The Morgan fingerprint density at radius 1 is 1.37 bits per heavy atom. The lowest BCUT2D eigenvalue weighted by Gasteiger charge is -2.07. The highest BCUT2D eigenvalue weighted by Crippen LogP contribution is 2.29. The molecule has 19 heavy (non-hydrogen) atoms. The normalized spacial score (nSPS) is 11.0. The van der Waals surface area contributed by atoms with Gasteiger partial charge in [-0.3, -0.25) is 0 Å². The lowest BCUT2D eigenvalue weighted by molar-refractivity contribution is 0.242. The number of aromatic amines is 1. The molecule has 102 valence electrons. The number of amides is 2. The zero-order valence-electron chi connectivity index (χ0n) is 11.3. The zero-order chi connectivity index (χ0) is 14.0. The van der Waals surface area contributed by atoms with E-state index in [1.807, 2.05) is 12.1 Å². The number of benzene rings is 1. The molecule has 5 heteroatoms. The topological polar surface area (TPSA) is 56.9 Å². The van der Waals surface area contributed by atoms with Crippen molar-refractivity contribution in [2.75, 3.05) is 7.05 Å². The number of urea groups is 1. The quantitative estimate of drug-likeness (QED) is 0.793. The molecule has 2 aromatic rings. The molecule has 2 amide bonds. The van der Waals surface area contributed by atoms with Crippen LogP contribution in [0.2, 0.25) is 5.02 Å². The number of carbonyl (C=O) groups is 1. The maximum absolute atomic E-state index is 11.1. The highest BCUT2D eigenvalue weighted by atomic mass is 35.5. The van der Waals surface area contributed by atoms with Gasteiger partial charge in [0.15, 0.2) is 0 Å². The smallest absolute Gasteiger partial charge is 0.314 e. The molecule has 0 radical (unpaired) electrons. The Morgan fingerprint density at radius 2 is 2.11 bits per heavy atom. The van der Waals surface area contributed by atoms with Crippen LogP contribution in [0.3, 0.4) is 0 Å². The molecule has 0 fully saturated rings. The van der Waals surface area contributed by atoms with Gasteiger partial charge in [-0.05, 0) is 29.7 Å². The maximum atomic E-state index is 11.1. The van der Waals surface area contributed by atoms with Crippen LogP contribution in [-0.4, -0.2) is 18.1 Å². The van der Waals surface area contributed by atoms with Gasteiger partial charge in [0.2, 0.25) is 0 Å². The monoisotopic (exact) mass is 279 g/mol. The minimum atomic E-state index is -0.195. The molecule has 0 aliphatic heterocycles. The number of H-pyrrole nitrogens is 1. The second-order valence-electron chi connectivity index (χ2n) is 4.84.